The Hall–Kier alpha value is -1.82. The van der Waals surface area contributed by atoms with Crippen molar-refractivity contribution in [2.45, 2.75) is 20.8 Å². The van der Waals surface area contributed by atoms with Gasteiger partial charge in [-0.1, -0.05) is 13.8 Å². The molecule has 1 aromatic carbocycles. The van der Waals surface area contributed by atoms with E-state index in [1.54, 1.807) is 25.1 Å². The lowest BCUT2D eigenvalue weighted by atomic mass is 10.1. The smallest absolute Gasteiger partial charge is 0.0991 e. The summed E-state index contributed by atoms with van der Waals surface area (Å²) in [5.74, 6) is 0. The van der Waals surface area contributed by atoms with Gasteiger partial charge in [-0.15, -0.1) is 0 Å². The van der Waals surface area contributed by atoms with E-state index in [0.29, 0.717) is 22.5 Å². The Morgan fingerprint density at radius 1 is 1.43 bits per heavy atom. The summed E-state index contributed by atoms with van der Waals surface area (Å²) in [5, 5.41) is 15.9. The number of nitrogens with two attached hydrogens (primary N) is 1. The monoisotopic (exact) mass is 189 g/mol. The van der Waals surface area contributed by atoms with Crippen molar-refractivity contribution in [3.8, 4) is 6.07 Å². The number of hydrogen-bond donors (Lipinski definition) is 2. The molecule has 0 saturated carbocycles. The molecular formula is C11H15N3. The number of anilines is 1. The zero-order valence-electron chi connectivity index (χ0n) is 8.76. The molecule has 0 unspecified atom stereocenters. The Balaban J connectivity index is 0.000000791. The summed E-state index contributed by atoms with van der Waals surface area (Å²) in [6, 6.07) is 6.91. The normalized spacial score (nSPS) is 8.14. The number of rotatable bonds is 1. The van der Waals surface area contributed by atoms with E-state index in [-0.39, 0.29) is 0 Å². The zero-order valence-corrected chi connectivity index (χ0v) is 8.76. The van der Waals surface area contributed by atoms with Crippen molar-refractivity contribution in [1.82, 2.24) is 0 Å². The molecule has 0 aliphatic rings. The summed E-state index contributed by atoms with van der Waals surface area (Å²) in [6.07, 6.45) is 0. The molecule has 3 N–H and O–H groups in total. The van der Waals surface area contributed by atoms with Gasteiger partial charge in [0.15, 0.2) is 0 Å². The first-order chi connectivity index (χ1) is 6.65. The first kappa shape index (κ1) is 12.2. The van der Waals surface area contributed by atoms with Crippen LogP contribution in [0.1, 0.15) is 31.9 Å². The number of hydrogen-bond acceptors (Lipinski definition) is 3. The minimum absolute atomic E-state index is 0.379. The van der Waals surface area contributed by atoms with Gasteiger partial charge in [-0.25, -0.2) is 0 Å². The molecule has 1 rings (SSSR count). The topological polar surface area (TPSA) is 73.7 Å². The summed E-state index contributed by atoms with van der Waals surface area (Å²) in [6.45, 7) is 5.65. The molecule has 3 heteroatoms. The first-order valence-corrected chi connectivity index (χ1v) is 4.50. The molecule has 0 aromatic heterocycles. The van der Waals surface area contributed by atoms with Crippen LogP contribution in [0.3, 0.4) is 0 Å². The van der Waals surface area contributed by atoms with Gasteiger partial charge in [0.25, 0.3) is 0 Å². The van der Waals surface area contributed by atoms with Crippen LogP contribution in [0.4, 0.5) is 5.69 Å². The van der Waals surface area contributed by atoms with E-state index in [1.165, 1.54) is 0 Å². The quantitative estimate of drug-likeness (QED) is 0.526. The van der Waals surface area contributed by atoms with E-state index < -0.39 is 0 Å². The van der Waals surface area contributed by atoms with E-state index in [4.69, 9.17) is 16.4 Å². The maximum Gasteiger partial charge on any atom is 0.0991 e. The lowest BCUT2D eigenvalue weighted by Crippen LogP contribution is -1.99. The highest BCUT2D eigenvalue weighted by Crippen LogP contribution is 2.13. The molecule has 0 bridgehead atoms. The maximum absolute atomic E-state index is 8.57. The number of nitrogens with one attached hydrogen (secondary N) is 1. The highest BCUT2D eigenvalue weighted by molar-refractivity contribution is 6.01. The molecule has 0 atom stereocenters. The Morgan fingerprint density at radius 2 is 2.00 bits per heavy atom. The summed E-state index contributed by atoms with van der Waals surface area (Å²) in [7, 11) is 0. The van der Waals surface area contributed by atoms with Crippen LogP contribution in [-0.2, 0) is 0 Å². The molecule has 0 fully saturated rings. The fraction of sp³-hybridized carbons (Fsp3) is 0.273. The van der Waals surface area contributed by atoms with Gasteiger partial charge in [0.05, 0.1) is 11.6 Å². The van der Waals surface area contributed by atoms with Crippen LogP contribution < -0.4 is 5.73 Å². The Labute approximate surface area is 84.7 Å². The molecule has 0 spiro atoms. The summed E-state index contributed by atoms with van der Waals surface area (Å²) >= 11 is 0. The van der Waals surface area contributed by atoms with E-state index in [0.717, 1.165) is 0 Å². The van der Waals surface area contributed by atoms with Crippen LogP contribution in [0, 0.1) is 16.7 Å². The lowest BCUT2D eigenvalue weighted by Gasteiger charge is -2.02. The number of nitrogens with zero attached hydrogens (tertiary/aromatic N) is 1. The molecule has 0 aliphatic carbocycles. The van der Waals surface area contributed by atoms with Crippen molar-refractivity contribution in [3.63, 3.8) is 0 Å². The van der Waals surface area contributed by atoms with Gasteiger partial charge in [-0.05, 0) is 25.1 Å². The van der Waals surface area contributed by atoms with Gasteiger partial charge in [0.1, 0.15) is 0 Å². The minimum atomic E-state index is 0.379. The fourth-order valence-electron chi connectivity index (χ4n) is 0.951. The third kappa shape index (κ3) is 2.91. The van der Waals surface area contributed by atoms with Gasteiger partial charge in [-0.2, -0.15) is 5.26 Å². The summed E-state index contributed by atoms with van der Waals surface area (Å²) in [4.78, 5) is 0. The highest BCUT2D eigenvalue weighted by atomic mass is 14.6. The van der Waals surface area contributed by atoms with Crippen molar-refractivity contribution in [3.05, 3.63) is 29.3 Å². The second-order valence-corrected chi connectivity index (χ2v) is 2.54. The van der Waals surface area contributed by atoms with E-state index in [2.05, 4.69) is 0 Å². The molecule has 0 heterocycles. The predicted octanol–water partition coefficient (Wildman–Crippen LogP) is 2.55. The maximum atomic E-state index is 8.57. The molecule has 0 saturated heterocycles. The van der Waals surface area contributed by atoms with Crippen molar-refractivity contribution >= 4 is 11.4 Å². The Bertz CT molecular complexity index is 361. The molecular weight excluding hydrogens is 174 g/mol. The average Bonchev–Trinajstić information content (AvgIpc) is 2.21. The standard InChI is InChI=1S/C9H9N3.C2H6/c1-6(11)8-4-7(5-10)2-3-9(8)12;1-2/h2-4,11H,12H2,1H3;1-2H3. The average molecular weight is 189 g/mol. The third-order valence-corrected chi connectivity index (χ3v) is 1.59. The van der Waals surface area contributed by atoms with E-state index >= 15 is 0 Å². The summed E-state index contributed by atoms with van der Waals surface area (Å²) < 4.78 is 0. The first-order valence-electron chi connectivity index (χ1n) is 4.50. The summed E-state index contributed by atoms with van der Waals surface area (Å²) in [5.41, 5.74) is 7.68. The lowest BCUT2D eigenvalue weighted by molar-refractivity contribution is 1.43. The SMILES string of the molecule is CC.CC(=N)c1cc(C#N)ccc1N. The van der Waals surface area contributed by atoms with Gasteiger partial charge < -0.3 is 11.1 Å². The largest absolute Gasteiger partial charge is 0.398 e. The van der Waals surface area contributed by atoms with Gasteiger partial charge in [-0.3, -0.25) is 0 Å². The van der Waals surface area contributed by atoms with Crippen LogP contribution in [0.2, 0.25) is 0 Å². The minimum Gasteiger partial charge on any atom is -0.398 e. The number of nitrogen functional groups attached to an aromatic ring is 1. The zero-order chi connectivity index (χ0) is 11.1. The van der Waals surface area contributed by atoms with Crippen molar-refractivity contribution in [2.75, 3.05) is 5.73 Å². The molecule has 74 valence electrons. The van der Waals surface area contributed by atoms with Crippen molar-refractivity contribution in [1.29, 1.82) is 10.7 Å². The Morgan fingerprint density at radius 3 is 2.43 bits per heavy atom. The predicted molar refractivity (Wildman–Crippen MR) is 59.4 cm³/mol. The van der Waals surface area contributed by atoms with Crippen molar-refractivity contribution < 1.29 is 0 Å². The van der Waals surface area contributed by atoms with Gasteiger partial charge in [0.2, 0.25) is 0 Å². The molecule has 3 nitrogen and oxygen atoms in total. The number of benzene rings is 1. The van der Waals surface area contributed by atoms with E-state index in [1.807, 2.05) is 19.9 Å². The molecule has 0 aliphatic heterocycles. The highest BCUT2D eigenvalue weighted by Gasteiger charge is 2.01. The fourth-order valence-corrected chi connectivity index (χ4v) is 0.951. The molecule has 14 heavy (non-hydrogen) atoms. The van der Waals surface area contributed by atoms with Crippen LogP contribution in [0.15, 0.2) is 18.2 Å². The van der Waals surface area contributed by atoms with Gasteiger partial charge >= 0.3 is 0 Å². The van der Waals surface area contributed by atoms with Crippen molar-refractivity contribution in [2.24, 2.45) is 0 Å². The van der Waals surface area contributed by atoms with Crippen LogP contribution >= 0.6 is 0 Å². The van der Waals surface area contributed by atoms with Crippen LogP contribution in [0.5, 0.6) is 0 Å². The molecule has 0 radical (unpaired) electrons. The molecule has 0 amide bonds. The Kier molecular flexibility index (Phi) is 5.01. The van der Waals surface area contributed by atoms with Crippen LogP contribution in [-0.4, -0.2) is 5.71 Å². The third-order valence-electron chi connectivity index (χ3n) is 1.59. The van der Waals surface area contributed by atoms with Crippen LogP contribution in [0.25, 0.3) is 0 Å². The van der Waals surface area contributed by atoms with Gasteiger partial charge in [0, 0.05) is 17.0 Å². The number of nitriles is 1. The second kappa shape index (κ2) is 5.76. The van der Waals surface area contributed by atoms with E-state index in [9.17, 15) is 0 Å². The second-order valence-electron chi connectivity index (χ2n) is 2.54. The molecule has 1 aromatic rings.